The molecule has 0 spiro atoms. The van der Waals surface area contributed by atoms with Gasteiger partial charge in [-0.25, -0.2) is 24.5 Å². The number of imidazole rings is 1. The number of halogens is 5. The van der Waals surface area contributed by atoms with Gasteiger partial charge in [0.25, 0.3) is 5.91 Å². The minimum atomic E-state index is -3.22. The van der Waals surface area contributed by atoms with E-state index in [1.807, 2.05) is 95.5 Å². The van der Waals surface area contributed by atoms with E-state index in [1.165, 1.54) is 12.1 Å². The van der Waals surface area contributed by atoms with E-state index in [4.69, 9.17) is 9.47 Å². The Hall–Kier alpha value is -4.95. The molecular weight excluding hydrogens is 958 g/mol. The van der Waals surface area contributed by atoms with Crippen LogP contribution in [0, 0.1) is 0 Å². The number of hydrogen-bond acceptors (Lipinski definition) is 10. The third kappa shape index (κ3) is 14.5. The highest BCUT2D eigenvalue weighted by molar-refractivity contribution is 9.10. The van der Waals surface area contributed by atoms with E-state index in [-0.39, 0.29) is 36.8 Å². The molecule has 0 aliphatic rings. The van der Waals surface area contributed by atoms with Crippen LogP contribution in [-0.4, -0.2) is 42.2 Å². The zero-order valence-electron chi connectivity index (χ0n) is 29.9. The maximum absolute atomic E-state index is 12.3. The minimum Gasteiger partial charge on any atom is -0.456 e. The second-order valence-corrected chi connectivity index (χ2v) is 20.2. The van der Waals surface area contributed by atoms with Crippen molar-refractivity contribution < 1.29 is 28.4 Å². The molecular formula is C40H30Br2Cl3N6O6P. The first-order chi connectivity index (χ1) is 27.8. The minimum absolute atomic E-state index is 0.0837. The van der Waals surface area contributed by atoms with Crippen LogP contribution in [0.2, 0.25) is 0 Å². The van der Waals surface area contributed by atoms with E-state index in [9.17, 15) is 18.9 Å². The van der Waals surface area contributed by atoms with Crippen LogP contribution in [0.3, 0.4) is 0 Å². The Morgan fingerprint density at radius 1 is 0.638 bits per heavy atom. The predicted octanol–water partition coefficient (Wildman–Crippen LogP) is 10.9. The van der Waals surface area contributed by atoms with Gasteiger partial charge in [0.2, 0.25) is 0 Å². The molecule has 0 saturated heterocycles. The lowest BCUT2D eigenvalue weighted by Gasteiger charge is -2.07. The smallest absolute Gasteiger partial charge is 0.357 e. The van der Waals surface area contributed by atoms with Gasteiger partial charge in [-0.2, -0.15) is 0 Å². The molecule has 7 rings (SSSR count). The van der Waals surface area contributed by atoms with E-state index in [0.29, 0.717) is 17.2 Å². The molecule has 0 bridgehead atoms. The first-order valence-electron chi connectivity index (χ1n) is 16.9. The van der Waals surface area contributed by atoms with Crippen molar-refractivity contribution in [1.29, 1.82) is 0 Å². The fraction of sp³-hybridized carbons (Fsp3) is 0.0750. The third-order valence-electron chi connectivity index (χ3n) is 7.51. The molecule has 0 atom stereocenters. The van der Waals surface area contributed by atoms with Crippen LogP contribution in [0.5, 0.6) is 0 Å². The Kier molecular flexibility index (Phi) is 16.5. The van der Waals surface area contributed by atoms with Gasteiger partial charge in [-0.1, -0.05) is 72.8 Å². The normalized spacial score (nSPS) is 10.6. The average Bonchev–Trinajstić information content (AvgIpc) is 3.65. The van der Waals surface area contributed by atoms with E-state index in [1.54, 1.807) is 36.7 Å². The summed E-state index contributed by atoms with van der Waals surface area (Å²) in [5.41, 5.74) is 4.55. The van der Waals surface area contributed by atoms with Crippen molar-refractivity contribution in [3.05, 3.63) is 183 Å². The van der Waals surface area contributed by atoms with E-state index in [2.05, 4.69) is 90.8 Å². The van der Waals surface area contributed by atoms with Crippen LogP contribution >= 0.6 is 70.8 Å². The Bertz CT molecular complexity index is 2520. The van der Waals surface area contributed by atoms with Crippen LogP contribution in [0.4, 0.5) is 0 Å². The van der Waals surface area contributed by atoms with Crippen molar-refractivity contribution in [2.24, 2.45) is 0 Å². The van der Waals surface area contributed by atoms with Crippen molar-refractivity contribution in [2.45, 2.75) is 19.8 Å². The third-order valence-corrected chi connectivity index (χ3v) is 8.45. The monoisotopic (exact) mass is 984 g/mol. The SMILES string of the molecule is O=C(NCc1ccc(Br)cn1)c1cccc(C(=O)OCc2ccccc2)n1.O=C(OCc1ccccc1)c1cccc(-c2ncc3ccc(Br)cn23)n1.O=P(Cl)(Cl)Cl. The lowest BCUT2D eigenvalue weighted by Crippen LogP contribution is -2.25. The van der Waals surface area contributed by atoms with Crippen molar-refractivity contribution in [1.82, 2.24) is 29.7 Å². The topological polar surface area (TPSA) is 155 Å². The largest absolute Gasteiger partial charge is 0.456 e. The second kappa shape index (κ2) is 21.7. The Balaban J connectivity index is 0.000000198. The zero-order chi connectivity index (χ0) is 41.5. The molecule has 0 unspecified atom stereocenters. The van der Waals surface area contributed by atoms with Gasteiger partial charge in [0, 0.05) is 21.3 Å². The van der Waals surface area contributed by atoms with E-state index >= 15 is 0 Å². The highest BCUT2D eigenvalue weighted by Crippen LogP contribution is 2.61. The van der Waals surface area contributed by atoms with E-state index < -0.39 is 23.0 Å². The fourth-order valence-electron chi connectivity index (χ4n) is 4.87. The number of carbonyl (C=O) groups is 3. The van der Waals surface area contributed by atoms with Gasteiger partial charge < -0.3 is 14.8 Å². The molecule has 5 heterocycles. The van der Waals surface area contributed by atoms with Crippen LogP contribution < -0.4 is 5.32 Å². The van der Waals surface area contributed by atoms with Crippen molar-refractivity contribution in [3.63, 3.8) is 0 Å². The summed E-state index contributed by atoms with van der Waals surface area (Å²) in [6.07, 6.45) is 5.34. The fourth-order valence-corrected chi connectivity index (χ4v) is 5.44. The molecule has 1 N–H and O–H groups in total. The average molecular weight is 988 g/mol. The molecule has 0 aliphatic carbocycles. The van der Waals surface area contributed by atoms with Crippen LogP contribution in [-0.2, 0) is 33.8 Å². The Labute approximate surface area is 363 Å². The number of hydrogen-bond donors (Lipinski definition) is 1. The number of rotatable bonds is 10. The number of nitrogens with one attached hydrogen (secondary N) is 1. The predicted molar refractivity (Wildman–Crippen MR) is 230 cm³/mol. The molecule has 5 aromatic heterocycles. The maximum atomic E-state index is 12.3. The van der Waals surface area contributed by atoms with Gasteiger partial charge >= 0.3 is 17.1 Å². The number of amides is 1. The molecule has 7 aromatic rings. The summed E-state index contributed by atoms with van der Waals surface area (Å²) in [6.45, 7) is 0.619. The summed E-state index contributed by atoms with van der Waals surface area (Å²) in [6, 6.07) is 36.3. The van der Waals surface area contributed by atoms with Crippen LogP contribution in [0.15, 0.2) is 149 Å². The van der Waals surface area contributed by atoms with Gasteiger partial charge in [-0.3, -0.25) is 18.7 Å². The summed E-state index contributed by atoms with van der Waals surface area (Å²) in [7, 11) is 0. The number of esters is 2. The molecule has 0 saturated carbocycles. The lowest BCUT2D eigenvalue weighted by atomic mass is 10.2. The van der Waals surface area contributed by atoms with Gasteiger partial charge in [-0.15, -0.1) is 0 Å². The van der Waals surface area contributed by atoms with Crippen molar-refractivity contribution in [3.8, 4) is 11.5 Å². The number of fused-ring (bicyclic) bond motifs is 1. The van der Waals surface area contributed by atoms with Crippen LogP contribution in [0.1, 0.15) is 48.3 Å². The highest BCUT2D eigenvalue weighted by atomic mass is 79.9. The maximum Gasteiger partial charge on any atom is 0.357 e. The lowest BCUT2D eigenvalue weighted by molar-refractivity contribution is 0.0457. The van der Waals surface area contributed by atoms with Gasteiger partial charge in [0.15, 0.2) is 5.82 Å². The summed E-state index contributed by atoms with van der Waals surface area (Å²) in [5, 5.41) is -0.495. The number of ether oxygens (including phenoxy) is 2. The summed E-state index contributed by atoms with van der Waals surface area (Å²) >= 11 is 20.6. The van der Waals surface area contributed by atoms with E-state index in [0.717, 1.165) is 25.6 Å². The van der Waals surface area contributed by atoms with Crippen molar-refractivity contribution >= 4 is 94.1 Å². The first-order valence-corrected chi connectivity index (χ1v) is 22.9. The Morgan fingerprint density at radius 2 is 1.19 bits per heavy atom. The quantitative estimate of drug-likeness (QED) is 0.103. The summed E-state index contributed by atoms with van der Waals surface area (Å²) < 4.78 is 23.8. The number of aromatic nitrogens is 5. The first kappa shape index (κ1) is 44.2. The van der Waals surface area contributed by atoms with Crippen molar-refractivity contribution in [2.75, 3.05) is 0 Å². The molecule has 18 heteroatoms. The summed E-state index contributed by atoms with van der Waals surface area (Å²) in [5.74, 6) is -0.766. The van der Waals surface area contributed by atoms with Gasteiger partial charge in [0.1, 0.15) is 36.0 Å². The second-order valence-electron chi connectivity index (χ2n) is 11.7. The van der Waals surface area contributed by atoms with Gasteiger partial charge in [-0.05, 0) is 125 Å². The highest BCUT2D eigenvalue weighted by Gasteiger charge is 2.15. The molecule has 58 heavy (non-hydrogen) atoms. The number of benzene rings is 2. The van der Waals surface area contributed by atoms with Gasteiger partial charge in [0.05, 0.1) is 24.0 Å². The molecule has 0 radical (unpaired) electrons. The number of pyridine rings is 4. The molecule has 1 amide bonds. The molecule has 0 aliphatic heterocycles. The Morgan fingerprint density at radius 3 is 1.78 bits per heavy atom. The zero-order valence-corrected chi connectivity index (χ0v) is 36.3. The standard InChI is InChI=1S/C20H16BrN3O3.C20H14BrN3O2.Cl3OP/c21-15-9-10-16(22-11-15)12-23-19(25)17-7-4-8-18(24-17)20(26)27-13-14-5-2-1-3-6-14;21-15-9-10-16-11-22-19(24(16)12-15)17-7-4-8-18(23-17)20(25)26-13-14-5-2-1-3-6-14;1-5(2,3)4/h1-11H,12-13H2,(H,23,25);1-12H,13H2;. The summed E-state index contributed by atoms with van der Waals surface area (Å²) in [4.78, 5) is 53.9. The number of carbonyl (C=O) groups excluding carboxylic acids is 3. The number of nitrogens with zero attached hydrogens (tertiary/aromatic N) is 5. The molecule has 0 fully saturated rings. The molecule has 296 valence electrons. The molecule has 2 aromatic carbocycles. The molecule has 12 nitrogen and oxygen atoms in total. The van der Waals surface area contributed by atoms with Crippen LogP contribution in [0.25, 0.3) is 17.0 Å².